The Labute approximate surface area is 265 Å². The monoisotopic (exact) mass is 620 g/mol. The molecule has 0 amide bonds. The second kappa shape index (κ2) is 22.0. The van der Waals surface area contributed by atoms with Gasteiger partial charge in [-0.3, -0.25) is 0 Å². The molecule has 6 nitrogen and oxygen atoms in total. The number of aryl methyl sites for hydroxylation is 1. The summed E-state index contributed by atoms with van der Waals surface area (Å²) in [5.74, 6) is 3.44. The van der Waals surface area contributed by atoms with E-state index in [1.54, 1.807) is 28.4 Å². The first-order chi connectivity index (χ1) is 19.7. The van der Waals surface area contributed by atoms with Crippen molar-refractivity contribution >= 4 is 24.8 Å². The molecule has 2 N–H and O–H groups in total. The lowest BCUT2D eigenvalue weighted by Gasteiger charge is -2.17. The zero-order chi connectivity index (χ0) is 28.4. The number of hydrogen-bond acceptors (Lipinski definition) is 6. The van der Waals surface area contributed by atoms with Gasteiger partial charge in [0.2, 0.25) is 0 Å². The normalized spacial score (nSPS) is 10.4. The molecule has 0 saturated heterocycles. The maximum atomic E-state index is 5.80. The van der Waals surface area contributed by atoms with Crippen LogP contribution in [0.15, 0.2) is 60.7 Å². The number of nitrogens with one attached hydrogen (secondary N) is 2. The largest absolute Gasteiger partial charge is 0.497 e. The highest BCUT2D eigenvalue weighted by atomic mass is 35.5. The predicted molar refractivity (Wildman–Crippen MR) is 179 cm³/mol. The molecule has 42 heavy (non-hydrogen) atoms. The molecule has 0 fully saturated rings. The van der Waals surface area contributed by atoms with E-state index in [0.717, 1.165) is 74.9 Å². The number of ether oxygens (including phenoxy) is 4. The summed E-state index contributed by atoms with van der Waals surface area (Å²) in [6, 6.07) is 20.8. The van der Waals surface area contributed by atoms with Crippen LogP contribution in [-0.2, 0) is 25.7 Å². The Morgan fingerprint density at radius 2 is 1.00 bits per heavy atom. The third-order valence-electron chi connectivity index (χ3n) is 7.35. The maximum Gasteiger partial charge on any atom is 0.164 e. The number of methoxy groups -OCH3 is 4. The van der Waals surface area contributed by atoms with Crippen LogP contribution in [-0.4, -0.2) is 54.6 Å². The van der Waals surface area contributed by atoms with E-state index in [4.69, 9.17) is 18.9 Å². The zero-order valence-electron chi connectivity index (χ0n) is 25.7. The van der Waals surface area contributed by atoms with Crippen molar-refractivity contribution in [2.75, 3.05) is 54.6 Å². The molecule has 3 aromatic carbocycles. The molecular formula is C34H50Cl2N2O4. The molecule has 0 radical (unpaired) electrons. The van der Waals surface area contributed by atoms with Gasteiger partial charge in [-0.05, 0) is 112 Å². The van der Waals surface area contributed by atoms with Crippen molar-refractivity contribution in [3.05, 3.63) is 82.9 Å². The van der Waals surface area contributed by atoms with Crippen molar-refractivity contribution in [3.63, 3.8) is 0 Å². The number of benzene rings is 3. The van der Waals surface area contributed by atoms with Crippen molar-refractivity contribution in [2.24, 2.45) is 0 Å². The maximum absolute atomic E-state index is 5.80. The van der Waals surface area contributed by atoms with Crippen LogP contribution < -0.4 is 29.6 Å². The Morgan fingerprint density at radius 3 is 1.50 bits per heavy atom. The van der Waals surface area contributed by atoms with Gasteiger partial charge in [-0.1, -0.05) is 43.2 Å². The first kappa shape index (κ1) is 37.4. The molecule has 0 aliphatic heterocycles. The summed E-state index contributed by atoms with van der Waals surface area (Å²) in [5, 5.41) is 7.21. The van der Waals surface area contributed by atoms with Crippen LogP contribution in [0, 0.1) is 0 Å². The number of hydrogen-bond donors (Lipinski definition) is 2. The van der Waals surface area contributed by atoms with Crippen LogP contribution >= 0.6 is 24.8 Å². The smallest absolute Gasteiger partial charge is 0.164 e. The SMILES string of the molecule is COc1ccc(CCNCCCCCCNCCc2ccc(OC)c(OC)c2CCc2ccc(OC)cc2)cc1.Cl.Cl. The first-order valence-corrected chi connectivity index (χ1v) is 14.6. The van der Waals surface area contributed by atoms with Gasteiger partial charge >= 0.3 is 0 Å². The van der Waals surface area contributed by atoms with E-state index in [1.165, 1.54) is 47.9 Å². The van der Waals surface area contributed by atoms with Gasteiger partial charge in [-0.15, -0.1) is 24.8 Å². The molecule has 3 aromatic rings. The lowest BCUT2D eigenvalue weighted by atomic mass is 9.96. The fourth-order valence-corrected chi connectivity index (χ4v) is 4.95. The van der Waals surface area contributed by atoms with Gasteiger partial charge in [0.05, 0.1) is 28.4 Å². The molecule has 8 heteroatoms. The molecule has 0 aliphatic carbocycles. The third kappa shape index (κ3) is 12.7. The summed E-state index contributed by atoms with van der Waals surface area (Å²) in [6.07, 6.45) is 8.82. The summed E-state index contributed by atoms with van der Waals surface area (Å²) in [7, 11) is 6.83. The number of rotatable bonds is 20. The molecule has 3 rings (SSSR count). The third-order valence-corrected chi connectivity index (χ3v) is 7.35. The summed E-state index contributed by atoms with van der Waals surface area (Å²) < 4.78 is 21.9. The Kier molecular flexibility index (Phi) is 19.6. The molecule has 0 saturated carbocycles. The molecule has 0 atom stereocenters. The molecule has 0 spiro atoms. The summed E-state index contributed by atoms with van der Waals surface area (Å²) in [6.45, 7) is 4.12. The van der Waals surface area contributed by atoms with Crippen LogP contribution in [0.3, 0.4) is 0 Å². The minimum absolute atomic E-state index is 0. The second-order valence-electron chi connectivity index (χ2n) is 10.0. The van der Waals surface area contributed by atoms with E-state index in [2.05, 4.69) is 41.0 Å². The van der Waals surface area contributed by atoms with Crippen LogP contribution in [0.5, 0.6) is 23.0 Å². The fraction of sp³-hybridized carbons (Fsp3) is 0.471. The Morgan fingerprint density at radius 1 is 0.476 bits per heavy atom. The molecule has 0 bridgehead atoms. The van der Waals surface area contributed by atoms with E-state index >= 15 is 0 Å². The highest BCUT2D eigenvalue weighted by molar-refractivity contribution is 5.85. The number of halogens is 2. The van der Waals surface area contributed by atoms with E-state index < -0.39 is 0 Å². The van der Waals surface area contributed by atoms with Crippen LogP contribution in [0.25, 0.3) is 0 Å². The van der Waals surface area contributed by atoms with Crippen molar-refractivity contribution in [1.29, 1.82) is 0 Å². The Balaban J connectivity index is 0.00000441. The summed E-state index contributed by atoms with van der Waals surface area (Å²) in [5.41, 5.74) is 5.18. The van der Waals surface area contributed by atoms with Crippen LogP contribution in [0.2, 0.25) is 0 Å². The standard InChI is InChI=1S/C34H48N2O4.2ClH/c1-37-30-15-9-27(10-16-30)13-19-32-29(14-20-33(39-3)34(32)40-4)22-26-36-24-8-6-5-7-23-35-25-21-28-11-17-31(38-2)18-12-28;;/h9-12,14-18,20,35-36H,5-8,13,19,21-26H2,1-4H3;2*1H. The molecular weight excluding hydrogens is 571 g/mol. The molecule has 234 valence electrons. The fourth-order valence-electron chi connectivity index (χ4n) is 4.95. The molecule has 0 heterocycles. The van der Waals surface area contributed by atoms with Gasteiger partial charge in [-0.2, -0.15) is 0 Å². The van der Waals surface area contributed by atoms with Crippen LogP contribution in [0.1, 0.15) is 47.9 Å². The zero-order valence-corrected chi connectivity index (χ0v) is 27.3. The lowest BCUT2D eigenvalue weighted by Crippen LogP contribution is -2.20. The predicted octanol–water partition coefficient (Wildman–Crippen LogP) is 6.87. The minimum Gasteiger partial charge on any atom is -0.497 e. The molecule has 0 unspecified atom stereocenters. The molecule has 0 aromatic heterocycles. The first-order valence-electron chi connectivity index (χ1n) is 14.6. The Bertz CT molecular complexity index is 1110. The minimum atomic E-state index is 0. The van der Waals surface area contributed by atoms with E-state index in [0.29, 0.717) is 0 Å². The lowest BCUT2D eigenvalue weighted by molar-refractivity contribution is 0.351. The highest BCUT2D eigenvalue weighted by Crippen LogP contribution is 2.34. The van der Waals surface area contributed by atoms with Gasteiger partial charge in [0.25, 0.3) is 0 Å². The van der Waals surface area contributed by atoms with Crippen molar-refractivity contribution < 1.29 is 18.9 Å². The molecule has 0 aliphatic rings. The van der Waals surface area contributed by atoms with E-state index in [-0.39, 0.29) is 24.8 Å². The van der Waals surface area contributed by atoms with Crippen molar-refractivity contribution in [3.8, 4) is 23.0 Å². The van der Waals surface area contributed by atoms with E-state index in [9.17, 15) is 0 Å². The average molecular weight is 622 g/mol. The van der Waals surface area contributed by atoms with Gasteiger partial charge in [0, 0.05) is 5.56 Å². The van der Waals surface area contributed by atoms with Gasteiger partial charge in [-0.25, -0.2) is 0 Å². The van der Waals surface area contributed by atoms with Gasteiger partial charge in [0.15, 0.2) is 11.5 Å². The van der Waals surface area contributed by atoms with E-state index in [1.807, 2.05) is 30.3 Å². The number of unbranched alkanes of at least 4 members (excludes halogenated alkanes) is 3. The van der Waals surface area contributed by atoms with Crippen molar-refractivity contribution in [2.45, 2.75) is 51.4 Å². The van der Waals surface area contributed by atoms with Gasteiger partial charge < -0.3 is 29.6 Å². The Hall–Kier alpha value is -2.64. The quantitative estimate of drug-likeness (QED) is 0.134. The summed E-state index contributed by atoms with van der Waals surface area (Å²) >= 11 is 0. The van der Waals surface area contributed by atoms with Crippen molar-refractivity contribution in [1.82, 2.24) is 10.6 Å². The second-order valence-corrected chi connectivity index (χ2v) is 10.0. The average Bonchev–Trinajstić information content (AvgIpc) is 3.00. The highest BCUT2D eigenvalue weighted by Gasteiger charge is 2.15. The van der Waals surface area contributed by atoms with Crippen LogP contribution in [0.4, 0.5) is 0 Å². The van der Waals surface area contributed by atoms with Gasteiger partial charge in [0.1, 0.15) is 11.5 Å². The topological polar surface area (TPSA) is 61.0 Å². The summed E-state index contributed by atoms with van der Waals surface area (Å²) in [4.78, 5) is 0.